The molecule has 0 amide bonds. The van der Waals surface area contributed by atoms with Crippen molar-refractivity contribution in [1.82, 2.24) is 13.7 Å². The molecule has 45 heavy (non-hydrogen) atoms. The summed E-state index contributed by atoms with van der Waals surface area (Å²) in [6.45, 7) is 2.22. The third kappa shape index (κ3) is 3.25. The molecule has 10 rings (SSSR count). The van der Waals surface area contributed by atoms with Crippen LogP contribution in [-0.2, 0) is 0 Å². The Labute approximate surface area is 259 Å². The second-order valence-corrected chi connectivity index (χ2v) is 12.0. The van der Waals surface area contributed by atoms with Gasteiger partial charge < -0.3 is 13.7 Å². The molecule has 0 bridgehead atoms. The summed E-state index contributed by atoms with van der Waals surface area (Å²) in [7, 11) is 0. The van der Waals surface area contributed by atoms with Crippen LogP contribution in [0.3, 0.4) is 0 Å². The molecule has 1 aliphatic rings. The smallest absolute Gasteiger partial charge is 0.0947 e. The Hall–Kier alpha value is -6.02. The lowest BCUT2D eigenvalue weighted by molar-refractivity contribution is 1.02. The second-order valence-electron chi connectivity index (χ2n) is 12.0. The second kappa shape index (κ2) is 9.00. The van der Waals surface area contributed by atoms with Crippen LogP contribution in [0.4, 0.5) is 0 Å². The van der Waals surface area contributed by atoms with Crippen LogP contribution >= 0.6 is 0 Å². The standard InChI is InChI=1S/C42H27N3/c1-27-25-40(43-34-19-7-2-13-28(34)29-14-3-8-20-35(29)43)42(45-38-22-10-5-16-31(38)32-17-6-11-23-39(32)45)41(26-27)44-36-21-9-4-15-30(36)33-18-12-24-37(33)44/h2-11,13-26H,1H3. The van der Waals surface area contributed by atoms with Crippen molar-refractivity contribution >= 4 is 66.7 Å². The molecule has 0 saturated carbocycles. The largest absolute Gasteiger partial charge is 0.307 e. The van der Waals surface area contributed by atoms with Crippen molar-refractivity contribution in [1.29, 1.82) is 0 Å². The van der Waals surface area contributed by atoms with E-state index < -0.39 is 0 Å². The summed E-state index contributed by atoms with van der Waals surface area (Å²) in [5, 5.41) is 6.24. The number of benzene rings is 6. The van der Waals surface area contributed by atoms with Crippen LogP contribution in [0.5, 0.6) is 0 Å². The SMILES string of the molecule is Cc1cc(-n2c3c(c4ccccc42)C=C=C3)c(-n2c3ccccc3c3ccccc32)c(-n2c3ccccc3c3ccccc32)c1. The van der Waals surface area contributed by atoms with Gasteiger partial charge in [0.05, 0.1) is 50.3 Å². The lowest BCUT2D eigenvalue weighted by Crippen LogP contribution is -2.10. The van der Waals surface area contributed by atoms with Gasteiger partial charge >= 0.3 is 0 Å². The number of aryl methyl sites for hydroxylation is 1. The highest BCUT2D eigenvalue weighted by Crippen LogP contribution is 2.43. The van der Waals surface area contributed by atoms with E-state index >= 15 is 0 Å². The minimum Gasteiger partial charge on any atom is -0.307 e. The Morgan fingerprint density at radius 1 is 0.422 bits per heavy atom. The first-order valence-corrected chi connectivity index (χ1v) is 15.5. The minimum absolute atomic E-state index is 1.14. The van der Waals surface area contributed by atoms with Crippen LogP contribution in [0.25, 0.3) is 83.7 Å². The molecular formula is C42H27N3. The highest BCUT2D eigenvalue weighted by Gasteiger charge is 2.26. The number of hydrogen-bond acceptors (Lipinski definition) is 0. The Morgan fingerprint density at radius 3 is 1.33 bits per heavy atom. The molecule has 9 aromatic rings. The molecule has 0 atom stereocenters. The van der Waals surface area contributed by atoms with Crippen molar-refractivity contribution in [2.75, 3.05) is 0 Å². The highest BCUT2D eigenvalue weighted by atomic mass is 15.1. The van der Waals surface area contributed by atoms with E-state index in [2.05, 4.69) is 172 Å². The maximum absolute atomic E-state index is 3.41. The van der Waals surface area contributed by atoms with Crippen molar-refractivity contribution in [2.24, 2.45) is 0 Å². The summed E-state index contributed by atoms with van der Waals surface area (Å²) < 4.78 is 7.41. The first-order valence-electron chi connectivity index (χ1n) is 15.5. The molecule has 3 heterocycles. The molecule has 1 aliphatic carbocycles. The normalized spacial score (nSPS) is 12.5. The summed E-state index contributed by atoms with van der Waals surface area (Å²) in [4.78, 5) is 0. The van der Waals surface area contributed by atoms with Crippen LogP contribution in [0.15, 0.2) is 139 Å². The molecule has 0 saturated heterocycles. The van der Waals surface area contributed by atoms with Gasteiger partial charge in [-0.1, -0.05) is 91.0 Å². The predicted molar refractivity (Wildman–Crippen MR) is 189 cm³/mol. The molecule has 0 unspecified atom stereocenters. The zero-order valence-electron chi connectivity index (χ0n) is 24.7. The molecule has 0 radical (unpaired) electrons. The number of nitrogens with zero attached hydrogens (tertiary/aromatic N) is 3. The van der Waals surface area contributed by atoms with E-state index in [4.69, 9.17) is 0 Å². The number of rotatable bonds is 3. The monoisotopic (exact) mass is 573 g/mol. The first-order chi connectivity index (χ1) is 22.3. The summed E-state index contributed by atoms with van der Waals surface area (Å²) in [6.07, 6.45) is 4.26. The summed E-state index contributed by atoms with van der Waals surface area (Å²) in [5.74, 6) is 0. The quantitative estimate of drug-likeness (QED) is 0.187. The zero-order valence-corrected chi connectivity index (χ0v) is 24.7. The van der Waals surface area contributed by atoms with Crippen molar-refractivity contribution < 1.29 is 0 Å². The highest BCUT2D eigenvalue weighted by molar-refractivity contribution is 6.12. The van der Waals surface area contributed by atoms with Crippen molar-refractivity contribution in [3.05, 3.63) is 156 Å². The van der Waals surface area contributed by atoms with E-state index in [1.807, 2.05) is 0 Å². The van der Waals surface area contributed by atoms with E-state index in [0.29, 0.717) is 0 Å². The maximum Gasteiger partial charge on any atom is 0.0947 e. The van der Waals surface area contributed by atoms with Crippen LogP contribution < -0.4 is 0 Å². The minimum atomic E-state index is 1.14. The van der Waals surface area contributed by atoms with Gasteiger partial charge in [0, 0.05) is 38.6 Å². The lowest BCUT2D eigenvalue weighted by atomic mass is 10.1. The molecular weight excluding hydrogens is 546 g/mol. The fourth-order valence-electron chi connectivity index (χ4n) is 7.70. The molecule has 3 nitrogen and oxygen atoms in total. The van der Waals surface area contributed by atoms with Crippen LogP contribution in [-0.4, -0.2) is 13.7 Å². The van der Waals surface area contributed by atoms with E-state index in [1.54, 1.807) is 0 Å². The van der Waals surface area contributed by atoms with Gasteiger partial charge in [0.25, 0.3) is 0 Å². The fraction of sp³-hybridized carbons (Fsp3) is 0.0238. The molecule has 3 heteroatoms. The molecule has 0 spiro atoms. The van der Waals surface area contributed by atoms with Gasteiger partial charge in [-0.25, -0.2) is 0 Å². The summed E-state index contributed by atoms with van der Waals surface area (Å²) in [5.41, 5.74) is 16.4. The predicted octanol–water partition coefficient (Wildman–Crippen LogP) is 10.8. The van der Waals surface area contributed by atoms with Gasteiger partial charge in [-0.05, 0) is 61.0 Å². The van der Waals surface area contributed by atoms with E-state index in [-0.39, 0.29) is 0 Å². The third-order valence-electron chi connectivity index (χ3n) is 9.48. The number of hydrogen-bond donors (Lipinski definition) is 0. The Morgan fingerprint density at radius 2 is 0.822 bits per heavy atom. The van der Waals surface area contributed by atoms with Gasteiger partial charge in [-0.3, -0.25) is 0 Å². The lowest BCUT2D eigenvalue weighted by Gasteiger charge is -2.23. The first kappa shape index (κ1) is 24.4. The number of fused-ring (bicyclic) bond motifs is 9. The summed E-state index contributed by atoms with van der Waals surface area (Å²) >= 11 is 0. The molecule has 210 valence electrons. The summed E-state index contributed by atoms with van der Waals surface area (Å²) in [6, 6.07) is 48.7. The van der Waals surface area contributed by atoms with Crippen molar-refractivity contribution in [2.45, 2.75) is 6.92 Å². The van der Waals surface area contributed by atoms with Crippen LogP contribution in [0, 0.1) is 6.92 Å². The molecule has 6 aromatic carbocycles. The van der Waals surface area contributed by atoms with Crippen molar-refractivity contribution in [3.63, 3.8) is 0 Å². The zero-order chi connectivity index (χ0) is 29.6. The third-order valence-corrected chi connectivity index (χ3v) is 9.48. The van der Waals surface area contributed by atoms with Crippen LogP contribution in [0.2, 0.25) is 0 Å². The van der Waals surface area contributed by atoms with E-state index in [9.17, 15) is 0 Å². The fourth-order valence-corrected chi connectivity index (χ4v) is 7.70. The van der Waals surface area contributed by atoms with Gasteiger partial charge in [-0.15, -0.1) is 5.73 Å². The van der Waals surface area contributed by atoms with Gasteiger partial charge in [0.15, 0.2) is 0 Å². The van der Waals surface area contributed by atoms with Gasteiger partial charge in [0.2, 0.25) is 0 Å². The molecule has 0 fully saturated rings. The topological polar surface area (TPSA) is 14.8 Å². The average molecular weight is 574 g/mol. The average Bonchev–Trinajstić information content (AvgIpc) is 3.84. The van der Waals surface area contributed by atoms with E-state index in [0.717, 1.165) is 22.8 Å². The number of aromatic nitrogens is 3. The van der Waals surface area contributed by atoms with Crippen molar-refractivity contribution in [3.8, 4) is 17.1 Å². The molecule has 0 N–H and O–H groups in total. The molecule has 0 aliphatic heterocycles. The van der Waals surface area contributed by atoms with E-state index in [1.165, 1.54) is 65.6 Å². The Kier molecular flexibility index (Phi) is 4.88. The Balaban J connectivity index is 1.47. The van der Waals surface area contributed by atoms with Gasteiger partial charge in [-0.2, -0.15) is 0 Å². The van der Waals surface area contributed by atoms with Gasteiger partial charge in [0.1, 0.15) is 0 Å². The Bertz CT molecular complexity index is 2650. The molecule has 3 aromatic heterocycles. The maximum atomic E-state index is 3.41. The van der Waals surface area contributed by atoms with Crippen LogP contribution in [0.1, 0.15) is 16.8 Å². The number of para-hydroxylation sites is 5.